The van der Waals surface area contributed by atoms with Crippen molar-refractivity contribution in [3.8, 4) is 0 Å². The van der Waals surface area contributed by atoms with Crippen molar-refractivity contribution in [3.05, 3.63) is 85.1 Å². The minimum absolute atomic E-state index is 0.0292. The summed E-state index contributed by atoms with van der Waals surface area (Å²) in [5.74, 6) is -0.570. The van der Waals surface area contributed by atoms with Crippen LogP contribution in [0.3, 0.4) is 0 Å². The van der Waals surface area contributed by atoms with Gasteiger partial charge in [0.15, 0.2) is 0 Å². The van der Waals surface area contributed by atoms with E-state index < -0.39 is 20.0 Å². The number of nitrogens with one attached hydrogen (secondary N) is 1. The molecular formula is C69H126N2O7P+. The minimum Gasteiger partial charge on any atom is -0.456 e. The monoisotopic (exact) mass is 1130 g/mol. The molecule has 1 amide bonds. The van der Waals surface area contributed by atoms with Crippen LogP contribution in [-0.4, -0.2) is 74.3 Å². The fraction of sp³-hybridized carbons (Fsp3) is 0.768. The van der Waals surface area contributed by atoms with Crippen molar-refractivity contribution >= 4 is 19.7 Å². The molecule has 0 rings (SSSR count). The van der Waals surface area contributed by atoms with E-state index in [1.165, 1.54) is 173 Å². The highest BCUT2D eigenvalue weighted by Gasteiger charge is 2.30. The number of esters is 1. The van der Waals surface area contributed by atoms with Gasteiger partial charge in [0.2, 0.25) is 5.91 Å². The lowest BCUT2D eigenvalue weighted by Crippen LogP contribution is -2.47. The first kappa shape index (κ1) is 76.2. The van der Waals surface area contributed by atoms with E-state index in [2.05, 4.69) is 99.0 Å². The van der Waals surface area contributed by atoms with Gasteiger partial charge in [-0.1, -0.05) is 267 Å². The molecule has 0 aromatic heterocycles. The molecule has 3 atom stereocenters. The summed E-state index contributed by atoms with van der Waals surface area (Å²) in [6.45, 7) is 6.87. The van der Waals surface area contributed by atoms with E-state index in [0.717, 1.165) is 77.0 Å². The predicted molar refractivity (Wildman–Crippen MR) is 341 cm³/mol. The molecule has 0 saturated carbocycles. The van der Waals surface area contributed by atoms with E-state index in [-0.39, 0.29) is 31.5 Å². The van der Waals surface area contributed by atoms with Gasteiger partial charge in [-0.2, -0.15) is 0 Å². The summed E-state index contributed by atoms with van der Waals surface area (Å²) in [6.07, 6.45) is 77.5. The van der Waals surface area contributed by atoms with Gasteiger partial charge in [0.25, 0.3) is 0 Å². The van der Waals surface area contributed by atoms with Crippen molar-refractivity contribution in [1.82, 2.24) is 5.32 Å². The second-order valence-corrected chi connectivity index (χ2v) is 24.7. The van der Waals surface area contributed by atoms with Gasteiger partial charge in [-0.3, -0.25) is 18.6 Å². The molecule has 79 heavy (non-hydrogen) atoms. The Kier molecular flexibility index (Phi) is 56.3. The summed E-state index contributed by atoms with van der Waals surface area (Å²) in [7, 11) is 1.46. The van der Waals surface area contributed by atoms with Crippen LogP contribution in [0.15, 0.2) is 85.1 Å². The van der Waals surface area contributed by atoms with Crippen LogP contribution in [0.25, 0.3) is 0 Å². The number of nitrogens with zero attached hydrogens (tertiary/aromatic N) is 1. The number of hydrogen-bond donors (Lipinski definition) is 2. The van der Waals surface area contributed by atoms with Gasteiger partial charge in [0.1, 0.15) is 19.3 Å². The molecule has 3 unspecified atom stereocenters. The summed E-state index contributed by atoms with van der Waals surface area (Å²) in [5.41, 5.74) is 0. The zero-order valence-electron chi connectivity index (χ0n) is 52.3. The van der Waals surface area contributed by atoms with Gasteiger partial charge in [-0.05, 0) is 96.0 Å². The van der Waals surface area contributed by atoms with Crippen LogP contribution in [-0.2, 0) is 27.9 Å². The fourth-order valence-corrected chi connectivity index (χ4v) is 10.0. The number of rotatable bonds is 59. The normalized spacial score (nSPS) is 14.2. The SMILES string of the molecule is CC/C=C\C/C=C\C/C=C\C/C=C\C/C=C\CCCC(=O)OC(/C=C\CCCCCCCCCCC)C(COP(=O)(O)OCC[N+](C)(C)C)NC(=O)CCCCCCCCCCCCCCCCC/C=C/CCCCCCCC. The molecule has 0 aliphatic rings. The molecule has 0 radical (unpaired) electrons. The van der Waals surface area contributed by atoms with E-state index in [1.807, 2.05) is 33.3 Å². The highest BCUT2D eigenvalue weighted by Crippen LogP contribution is 2.43. The Hall–Kier alpha value is -2.81. The molecular weight excluding hydrogens is 1000 g/mol. The van der Waals surface area contributed by atoms with Crippen LogP contribution in [0.2, 0.25) is 0 Å². The van der Waals surface area contributed by atoms with Crippen molar-refractivity contribution in [2.24, 2.45) is 0 Å². The maximum atomic E-state index is 13.6. The van der Waals surface area contributed by atoms with E-state index in [4.69, 9.17) is 13.8 Å². The zero-order valence-corrected chi connectivity index (χ0v) is 53.2. The Morgan fingerprint density at radius 1 is 0.456 bits per heavy atom. The topological polar surface area (TPSA) is 111 Å². The van der Waals surface area contributed by atoms with Gasteiger partial charge < -0.3 is 19.4 Å². The van der Waals surface area contributed by atoms with E-state index >= 15 is 0 Å². The summed E-state index contributed by atoms with van der Waals surface area (Å²) >= 11 is 0. The number of phosphoric ester groups is 1. The molecule has 0 spiro atoms. The first-order valence-corrected chi connectivity index (χ1v) is 34.4. The number of carbonyl (C=O) groups excluding carboxylic acids is 2. The van der Waals surface area contributed by atoms with Crippen molar-refractivity contribution in [2.45, 2.75) is 303 Å². The predicted octanol–water partition coefficient (Wildman–Crippen LogP) is 20.6. The Balaban J connectivity index is 5.13. The average molecular weight is 1130 g/mol. The van der Waals surface area contributed by atoms with Crippen molar-refractivity contribution in [3.63, 3.8) is 0 Å². The maximum absolute atomic E-state index is 13.6. The van der Waals surface area contributed by atoms with Gasteiger partial charge in [-0.25, -0.2) is 4.57 Å². The Bertz CT molecular complexity index is 1630. The van der Waals surface area contributed by atoms with Crippen LogP contribution in [0.5, 0.6) is 0 Å². The first-order chi connectivity index (χ1) is 38.4. The smallest absolute Gasteiger partial charge is 0.456 e. The van der Waals surface area contributed by atoms with Crippen LogP contribution in [0.1, 0.15) is 290 Å². The lowest BCUT2D eigenvalue weighted by molar-refractivity contribution is -0.870. The quantitative estimate of drug-likeness (QED) is 0.0205. The summed E-state index contributed by atoms with van der Waals surface area (Å²) in [4.78, 5) is 37.7. The maximum Gasteiger partial charge on any atom is 0.472 e. The lowest BCUT2D eigenvalue weighted by Gasteiger charge is -2.27. The molecule has 0 bridgehead atoms. The molecule has 0 fully saturated rings. The molecule has 0 aromatic carbocycles. The van der Waals surface area contributed by atoms with Crippen molar-refractivity contribution in [2.75, 3.05) is 40.9 Å². The minimum atomic E-state index is -4.46. The third-order valence-electron chi connectivity index (χ3n) is 14.3. The molecule has 0 heterocycles. The third-order valence-corrected chi connectivity index (χ3v) is 15.3. The summed E-state index contributed by atoms with van der Waals surface area (Å²) in [6, 6.07) is -0.874. The number of phosphoric acid groups is 1. The lowest BCUT2D eigenvalue weighted by atomic mass is 10.0. The van der Waals surface area contributed by atoms with Crippen molar-refractivity contribution in [1.29, 1.82) is 0 Å². The number of quaternary nitrogens is 1. The van der Waals surface area contributed by atoms with Gasteiger partial charge in [0, 0.05) is 12.8 Å². The molecule has 0 saturated heterocycles. The Morgan fingerprint density at radius 3 is 1.25 bits per heavy atom. The fourth-order valence-electron chi connectivity index (χ4n) is 9.27. The molecule has 0 aromatic rings. The molecule has 2 N–H and O–H groups in total. The van der Waals surface area contributed by atoms with E-state index in [9.17, 15) is 19.0 Å². The number of amides is 1. The molecule has 9 nitrogen and oxygen atoms in total. The molecule has 0 aliphatic heterocycles. The molecule has 10 heteroatoms. The standard InChI is InChI=1S/C69H125N2O7P/c1-7-10-13-16-19-22-25-27-29-31-32-33-34-35-36-37-38-40-41-43-46-49-52-55-58-61-68(72)70-66(65-77-79(74,75)76-64-63-71(4,5)6)67(60-57-54-51-48-45-24-21-18-15-12-9-3)78-69(73)62-59-56-53-50-47-44-42-39-30-28-26-23-20-17-14-11-8-2/h11,14,20,23,27-30,42,44,50,53,57,60,66-67H,7-10,12-13,15-19,21-22,24-26,31-41,43,45-49,51-52,54-56,58-59,61-65H2,1-6H3,(H-,70,72,74,75)/p+1/b14-11-,23-20-,29-27+,30-28-,44-42-,53-50-,60-57-. The second kappa shape index (κ2) is 58.4. The largest absolute Gasteiger partial charge is 0.472 e. The number of unbranched alkanes of at least 4 members (excludes halogenated alkanes) is 31. The Morgan fingerprint density at radius 2 is 0.823 bits per heavy atom. The number of hydrogen-bond acceptors (Lipinski definition) is 6. The summed E-state index contributed by atoms with van der Waals surface area (Å²) < 4.78 is 30.7. The summed E-state index contributed by atoms with van der Waals surface area (Å²) in [5, 5.41) is 3.05. The van der Waals surface area contributed by atoms with Crippen LogP contribution >= 0.6 is 7.82 Å². The highest BCUT2D eigenvalue weighted by molar-refractivity contribution is 7.47. The highest BCUT2D eigenvalue weighted by atomic mass is 31.2. The van der Waals surface area contributed by atoms with E-state index in [1.54, 1.807) is 0 Å². The van der Waals surface area contributed by atoms with E-state index in [0.29, 0.717) is 23.9 Å². The Labute approximate surface area is 488 Å². The molecule has 0 aliphatic carbocycles. The van der Waals surface area contributed by atoms with Gasteiger partial charge in [-0.15, -0.1) is 0 Å². The number of likely N-dealkylation sites (N-methyl/N-ethyl adjacent to an activating group) is 1. The van der Waals surface area contributed by atoms with Crippen LogP contribution in [0, 0.1) is 0 Å². The van der Waals surface area contributed by atoms with Gasteiger partial charge in [0.05, 0.1) is 33.8 Å². The number of allylic oxidation sites excluding steroid dienone is 13. The third kappa shape index (κ3) is 59.6. The zero-order chi connectivity index (χ0) is 57.9. The van der Waals surface area contributed by atoms with Crippen LogP contribution in [0.4, 0.5) is 0 Å². The number of carbonyl (C=O) groups is 2. The van der Waals surface area contributed by atoms with Crippen molar-refractivity contribution < 1.29 is 37.3 Å². The second-order valence-electron chi connectivity index (χ2n) is 23.3. The first-order valence-electron chi connectivity index (χ1n) is 32.9. The van der Waals surface area contributed by atoms with Gasteiger partial charge >= 0.3 is 13.8 Å². The molecule has 458 valence electrons. The van der Waals surface area contributed by atoms with Crippen LogP contribution < -0.4 is 5.32 Å². The average Bonchev–Trinajstić information content (AvgIpc) is 3.41. The number of ether oxygens (including phenoxy) is 1.